The van der Waals surface area contributed by atoms with Crippen molar-refractivity contribution in [1.29, 1.82) is 0 Å². The molecule has 164 valence electrons. The molecule has 0 atom stereocenters. The zero-order chi connectivity index (χ0) is 22.7. The lowest BCUT2D eigenvalue weighted by Gasteiger charge is -2.15. The second-order valence-electron chi connectivity index (χ2n) is 7.23. The van der Waals surface area contributed by atoms with Gasteiger partial charge in [-0.2, -0.15) is 0 Å². The largest absolute Gasteiger partial charge is 0.493 e. The van der Waals surface area contributed by atoms with Crippen molar-refractivity contribution in [2.45, 2.75) is 0 Å². The second-order valence-corrected chi connectivity index (χ2v) is 7.23. The number of methoxy groups -OCH3 is 3. The first kappa shape index (κ1) is 21.4. The van der Waals surface area contributed by atoms with E-state index in [0.717, 1.165) is 16.5 Å². The third-order valence-electron chi connectivity index (χ3n) is 5.41. The summed E-state index contributed by atoms with van der Waals surface area (Å²) in [6, 6.07) is 18.8. The van der Waals surface area contributed by atoms with E-state index in [0.29, 0.717) is 17.1 Å². The van der Waals surface area contributed by atoms with Crippen LogP contribution < -0.4 is 14.8 Å². The lowest BCUT2D eigenvalue weighted by atomic mass is 10.0. The summed E-state index contributed by atoms with van der Waals surface area (Å²) in [6.07, 6.45) is 0. The molecule has 3 aromatic rings. The highest BCUT2D eigenvalue weighted by atomic mass is 16.5. The first-order chi connectivity index (χ1) is 15.6. The van der Waals surface area contributed by atoms with Gasteiger partial charge in [0.1, 0.15) is 5.70 Å². The minimum Gasteiger partial charge on any atom is -0.493 e. The van der Waals surface area contributed by atoms with E-state index in [4.69, 9.17) is 14.2 Å². The number of fused-ring (bicyclic) bond motifs is 1. The fraction of sp³-hybridized carbons (Fsp3) is 0.200. The highest BCUT2D eigenvalue weighted by Crippen LogP contribution is 2.36. The van der Waals surface area contributed by atoms with Gasteiger partial charge in [0.2, 0.25) is 0 Å². The van der Waals surface area contributed by atoms with Gasteiger partial charge in [0.25, 0.3) is 11.8 Å². The fourth-order valence-electron chi connectivity index (χ4n) is 3.81. The number of carbonyl (C=O) groups excluding carboxylic acids is 2. The maximum Gasteiger partial charge on any atom is 0.278 e. The zero-order valence-electron chi connectivity index (χ0n) is 18.2. The minimum absolute atomic E-state index is 0.158. The zero-order valence-corrected chi connectivity index (χ0v) is 18.2. The number of rotatable bonds is 8. The Morgan fingerprint density at radius 2 is 1.59 bits per heavy atom. The van der Waals surface area contributed by atoms with Crippen LogP contribution in [-0.4, -0.2) is 51.2 Å². The fourth-order valence-corrected chi connectivity index (χ4v) is 3.81. The van der Waals surface area contributed by atoms with Gasteiger partial charge in [0, 0.05) is 18.2 Å². The summed E-state index contributed by atoms with van der Waals surface area (Å²) in [7, 11) is 4.60. The monoisotopic (exact) mass is 432 g/mol. The maximum absolute atomic E-state index is 13.3. The molecular formula is C25H24N2O5. The van der Waals surface area contributed by atoms with Crippen LogP contribution in [0.25, 0.3) is 16.3 Å². The Bertz CT molecular complexity index is 1210. The molecular weight excluding hydrogens is 408 g/mol. The van der Waals surface area contributed by atoms with E-state index < -0.39 is 5.91 Å². The lowest BCUT2D eigenvalue weighted by Crippen LogP contribution is -2.35. The van der Waals surface area contributed by atoms with E-state index >= 15 is 0 Å². The van der Waals surface area contributed by atoms with Crippen molar-refractivity contribution in [1.82, 2.24) is 4.90 Å². The van der Waals surface area contributed by atoms with Gasteiger partial charge < -0.3 is 19.5 Å². The minimum atomic E-state index is -0.398. The Balaban J connectivity index is 1.84. The SMILES string of the molecule is COCCN1C(=O)C(Nc2cccc3ccccc23)=C(c2ccc(OC)c(OC)c2)C1=O. The number of nitrogens with one attached hydrogen (secondary N) is 1. The third kappa shape index (κ3) is 3.78. The van der Waals surface area contributed by atoms with Crippen LogP contribution in [0, 0.1) is 0 Å². The van der Waals surface area contributed by atoms with Gasteiger partial charge in [-0.3, -0.25) is 14.5 Å². The molecule has 1 N–H and O–H groups in total. The molecule has 0 radical (unpaired) electrons. The Kier molecular flexibility index (Phi) is 6.09. The van der Waals surface area contributed by atoms with Gasteiger partial charge in [-0.25, -0.2) is 0 Å². The molecule has 1 aliphatic rings. The topological polar surface area (TPSA) is 77.1 Å². The quantitative estimate of drug-likeness (QED) is 0.547. The van der Waals surface area contributed by atoms with Gasteiger partial charge in [-0.1, -0.05) is 42.5 Å². The lowest BCUT2D eigenvalue weighted by molar-refractivity contribution is -0.137. The first-order valence-corrected chi connectivity index (χ1v) is 10.2. The van der Waals surface area contributed by atoms with Crippen molar-refractivity contribution in [2.24, 2.45) is 0 Å². The molecule has 0 saturated carbocycles. The molecule has 0 bridgehead atoms. The van der Waals surface area contributed by atoms with Crippen molar-refractivity contribution >= 4 is 33.8 Å². The van der Waals surface area contributed by atoms with E-state index in [-0.39, 0.29) is 30.3 Å². The maximum atomic E-state index is 13.3. The van der Waals surface area contributed by atoms with Crippen LogP contribution in [0.3, 0.4) is 0 Å². The Morgan fingerprint density at radius 3 is 2.34 bits per heavy atom. The van der Waals surface area contributed by atoms with Crippen LogP contribution in [0.2, 0.25) is 0 Å². The second kappa shape index (κ2) is 9.11. The van der Waals surface area contributed by atoms with Crippen molar-refractivity contribution in [3.05, 3.63) is 71.9 Å². The molecule has 1 aliphatic heterocycles. The van der Waals surface area contributed by atoms with Crippen LogP contribution in [0.1, 0.15) is 5.56 Å². The number of nitrogens with zero attached hydrogens (tertiary/aromatic N) is 1. The van der Waals surface area contributed by atoms with E-state index in [1.54, 1.807) is 25.3 Å². The number of hydrogen-bond acceptors (Lipinski definition) is 6. The summed E-state index contributed by atoms with van der Waals surface area (Å²) in [6.45, 7) is 0.407. The van der Waals surface area contributed by atoms with E-state index in [2.05, 4.69) is 5.32 Å². The number of hydrogen-bond donors (Lipinski definition) is 1. The summed E-state index contributed by atoms with van der Waals surface area (Å²) in [5.41, 5.74) is 1.80. The molecule has 32 heavy (non-hydrogen) atoms. The number of amides is 2. The summed E-state index contributed by atoms with van der Waals surface area (Å²) >= 11 is 0. The summed E-state index contributed by atoms with van der Waals surface area (Å²) in [5.74, 6) is 0.220. The van der Waals surface area contributed by atoms with E-state index in [9.17, 15) is 9.59 Å². The van der Waals surface area contributed by atoms with Crippen LogP contribution in [0.15, 0.2) is 66.4 Å². The van der Waals surface area contributed by atoms with Crippen LogP contribution in [-0.2, 0) is 14.3 Å². The number of benzene rings is 3. The van der Waals surface area contributed by atoms with Gasteiger partial charge in [-0.05, 0) is 29.1 Å². The average molecular weight is 432 g/mol. The molecule has 4 rings (SSSR count). The Morgan fingerprint density at radius 1 is 0.844 bits per heavy atom. The van der Waals surface area contributed by atoms with Crippen LogP contribution in [0.5, 0.6) is 11.5 Å². The van der Waals surface area contributed by atoms with Crippen LogP contribution >= 0.6 is 0 Å². The Labute approximate surface area is 186 Å². The molecule has 7 heteroatoms. The number of anilines is 1. The highest BCUT2D eigenvalue weighted by molar-refractivity contribution is 6.36. The normalized spacial score (nSPS) is 13.8. The van der Waals surface area contributed by atoms with Crippen molar-refractivity contribution in [2.75, 3.05) is 39.8 Å². The first-order valence-electron chi connectivity index (χ1n) is 10.2. The summed E-state index contributed by atoms with van der Waals surface area (Å²) < 4.78 is 15.8. The van der Waals surface area contributed by atoms with Crippen LogP contribution in [0.4, 0.5) is 5.69 Å². The predicted molar refractivity (Wildman–Crippen MR) is 123 cm³/mol. The van der Waals surface area contributed by atoms with Crippen molar-refractivity contribution in [3.8, 4) is 11.5 Å². The van der Waals surface area contributed by atoms with Gasteiger partial charge in [0.15, 0.2) is 11.5 Å². The van der Waals surface area contributed by atoms with E-state index in [1.165, 1.54) is 19.1 Å². The molecule has 1 heterocycles. The number of imide groups is 1. The summed E-state index contributed by atoms with van der Waals surface area (Å²) in [5, 5.41) is 5.22. The molecule has 7 nitrogen and oxygen atoms in total. The molecule has 0 fully saturated rings. The van der Waals surface area contributed by atoms with Gasteiger partial charge in [-0.15, -0.1) is 0 Å². The highest BCUT2D eigenvalue weighted by Gasteiger charge is 2.39. The van der Waals surface area contributed by atoms with Crippen molar-refractivity contribution < 1.29 is 23.8 Å². The molecule has 0 unspecified atom stereocenters. The summed E-state index contributed by atoms with van der Waals surface area (Å²) in [4.78, 5) is 27.8. The van der Waals surface area contributed by atoms with Crippen molar-refractivity contribution in [3.63, 3.8) is 0 Å². The standard InChI is InChI=1S/C25H24N2O5/c1-30-14-13-27-24(28)22(17-11-12-20(31-2)21(15-17)32-3)23(25(27)29)26-19-10-6-8-16-7-4-5-9-18(16)19/h4-12,15,26H,13-14H2,1-3H3. The number of carbonyl (C=O) groups is 2. The molecule has 2 amide bonds. The molecule has 0 saturated heterocycles. The van der Waals surface area contributed by atoms with E-state index in [1.807, 2.05) is 42.5 Å². The molecule has 3 aromatic carbocycles. The van der Waals surface area contributed by atoms with Gasteiger partial charge >= 0.3 is 0 Å². The predicted octanol–water partition coefficient (Wildman–Crippen LogP) is 3.70. The third-order valence-corrected chi connectivity index (χ3v) is 5.41. The molecule has 0 spiro atoms. The Hall–Kier alpha value is -3.84. The number of ether oxygens (including phenoxy) is 3. The van der Waals surface area contributed by atoms with Gasteiger partial charge in [0.05, 0.1) is 32.9 Å². The molecule has 0 aromatic heterocycles. The average Bonchev–Trinajstić information content (AvgIpc) is 3.06. The smallest absolute Gasteiger partial charge is 0.278 e. The molecule has 0 aliphatic carbocycles.